The number of nitrogens with zero attached hydrogens (tertiary/aromatic N) is 2. The fraction of sp³-hybridized carbons (Fsp3) is 0. The van der Waals surface area contributed by atoms with Crippen LogP contribution in [0.15, 0.2) is 53.8 Å². The quantitative estimate of drug-likeness (QED) is 0.855. The maximum absolute atomic E-state index is 12.7. The van der Waals surface area contributed by atoms with Crippen LogP contribution in [0.3, 0.4) is 0 Å². The normalized spacial score (nSPS) is 11.5. The zero-order valence-corrected chi connectivity index (χ0v) is 11.4. The third-order valence-electron chi connectivity index (χ3n) is 2.37. The Morgan fingerprint density at radius 2 is 1.90 bits per heavy atom. The third kappa shape index (κ3) is 4.18. The number of sulfonamides is 1. The first-order valence-electron chi connectivity index (χ1n) is 5.74. The van der Waals surface area contributed by atoms with Gasteiger partial charge in [-0.25, -0.2) is 27.5 Å². The zero-order chi connectivity index (χ0) is 15.3. The smallest absolute Gasteiger partial charge is 0.264 e. The lowest BCUT2D eigenvalue weighted by Gasteiger charge is -2.04. The van der Waals surface area contributed by atoms with Crippen LogP contribution in [-0.4, -0.2) is 24.3 Å². The minimum absolute atomic E-state index is 0.201. The number of halogens is 1. The van der Waals surface area contributed by atoms with Crippen molar-refractivity contribution in [3.8, 4) is 0 Å². The SMILES string of the molecule is O=C(/C=C/c1ccncn1)NS(=O)(=O)c1ccc(F)cc1. The molecule has 0 aliphatic carbocycles. The fourth-order valence-electron chi connectivity index (χ4n) is 1.40. The maximum Gasteiger partial charge on any atom is 0.264 e. The predicted octanol–water partition coefficient (Wildman–Crippen LogP) is 1.13. The van der Waals surface area contributed by atoms with E-state index in [0.717, 1.165) is 30.3 Å². The number of amides is 1. The molecule has 0 saturated carbocycles. The molecule has 2 rings (SSSR count). The van der Waals surface area contributed by atoms with Crippen LogP contribution in [0.4, 0.5) is 4.39 Å². The van der Waals surface area contributed by atoms with E-state index in [1.807, 2.05) is 4.72 Å². The van der Waals surface area contributed by atoms with Gasteiger partial charge in [0, 0.05) is 12.3 Å². The molecule has 0 atom stereocenters. The first kappa shape index (κ1) is 14.8. The van der Waals surface area contributed by atoms with Crippen LogP contribution in [0.1, 0.15) is 5.69 Å². The third-order valence-corrected chi connectivity index (χ3v) is 3.73. The Hall–Kier alpha value is -2.61. The molecule has 21 heavy (non-hydrogen) atoms. The topological polar surface area (TPSA) is 89.0 Å². The van der Waals surface area contributed by atoms with E-state index >= 15 is 0 Å². The Labute approximate surface area is 120 Å². The number of aromatic nitrogens is 2. The molecule has 1 N–H and O–H groups in total. The molecule has 6 nitrogen and oxygen atoms in total. The average molecular weight is 307 g/mol. The van der Waals surface area contributed by atoms with Crippen LogP contribution in [0.25, 0.3) is 6.08 Å². The maximum atomic E-state index is 12.7. The van der Waals surface area contributed by atoms with Crippen molar-refractivity contribution in [2.24, 2.45) is 0 Å². The first-order valence-corrected chi connectivity index (χ1v) is 7.22. The Morgan fingerprint density at radius 1 is 1.19 bits per heavy atom. The van der Waals surface area contributed by atoms with E-state index in [1.54, 1.807) is 6.07 Å². The van der Waals surface area contributed by atoms with Crippen molar-refractivity contribution >= 4 is 22.0 Å². The van der Waals surface area contributed by atoms with Crippen LogP contribution >= 0.6 is 0 Å². The average Bonchev–Trinajstić information content (AvgIpc) is 2.46. The second-order valence-corrected chi connectivity index (χ2v) is 5.57. The highest BCUT2D eigenvalue weighted by molar-refractivity contribution is 7.90. The van der Waals surface area contributed by atoms with Gasteiger partial charge in [-0.1, -0.05) is 0 Å². The van der Waals surface area contributed by atoms with Gasteiger partial charge in [0.2, 0.25) is 0 Å². The van der Waals surface area contributed by atoms with Crippen LogP contribution in [-0.2, 0) is 14.8 Å². The molecule has 8 heteroatoms. The lowest BCUT2D eigenvalue weighted by molar-refractivity contribution is -0.114. The Morgan fingerprint density at radius 3 is 2.52 bits per heavy atom. The highest BCUT2D eigenvalue weighted by Crippen LogP contribution is 2.09. The molecule has 1 aromatic heterocycles. The Kier molecular flexibility index (Phi) is 4.39. The monoisotopic (exact) mass is 307 g/mol. The minimum Gasteiger partial charge on any atom is -0.269 e. The number of nitrogens with one attached hydrogen (secondary N) is 1. The highest BCUT2D eigenvalue weighted by atomic mass is 32.2. The first-order chi connectivity index (χ1) is 9.97. The number of carbonyl (C=O) groups is 1. The Balaban J connectivity index is 2.08. The number of hydrogen-bond donors (Lipinski definition) is 1. The lowest BCUT2D eigenvalue weighted by Crippen LogP contribution is -2.28. The molecule has 0 aliphatic heterocycles. The summed E-state index contributed by atoms with van der Waals surface area (Å²) in [5, 5.41) is 0. The van der Waals surface area contributed by atoms with Gasteiger partial charge in [-0.3, -0.25) is 4.79 Å². The molecule has 0 unspecified atom stereocenters. The number of carbonyl (C=O) groups excluding carboxylic acids is 1. The van der Waals surface area contributed by atoms with Crippen LogP contribution in [0.5, 0.6) is 0 Å². The van der Waals surface area contributed by atoms with Crippen molar-refractivity contribution < 1.29 is 17.6 Å². The number of hydrogen-bond acceptors (Lipinski definition) is 5. The summed E-state index contributed by atoms with van der Waals surface area (Å²) in [5.74, 6) is -1.40. The van der Waals surface area contributed by atoms with E-state index in [1.165, 1.54) is 18.6 Å². The van der Waals surface area contributed by atoms with Crippen molar-refractivity contribution in [1.29, 1.82) is 0 Å². The molecule has 1 amide bonds. The number of benzene rings is 1. The second-order valence-electron chi connectivity index (χ2n) is 3.89. The van der Waals surface area contributed by atoms with Crippen molar-refractivity contribution in [3.63, 3.8) is 0 Å². The minimum atomic E-state index is -4.03. The van der Waals surface area contributed by atoms with Gasteiger partial charge in [0.25, 0.3) is 15.9 Å². The fourth-order valence-corrected chi connectivity index (χ4v) is 2.34. The summed E-state index contributed by atoms with van der Waals surface area (Å²) in [7, 11) is -4.03. The Bertz CT molecular complexity index is 759. The van der Waals surface area contributed by atoms with Gasteiger partial charge < -0.3 is 0 Å². The molecular weight excluding hydrogens is 297 g/mol. The van der Waals surface area contributed by atoms with E-state index in [0.29, 0.717) is 5.69 Å². The molecule has 0 aliphatic rings. The molecule has 0 saturated heterocycles. The summed E-state index contributed by atoms with van der Waals surface area (Å²) < 4.78 is 38.3. The summed E-state index contributed by atoms with van der Waals surface area (Å²) in [5.41, 5.74) is 0.458. The predicted molar refractivity (Wildman–Crippen MR) is 72.8 cm³/mol. The summed E-state index contributed by atoms with van der Waals surface area (Å²) in [6.07, 6.45) is 5.16. The van der Waals surface area contributed by atoms with E-state index in [2.05, 4.69) is 9.97 Å². The summed E-state index contributed by atoms with van der Waals surface area (Å²) in [4.78, 5) is 18.9. The highest BCUT2D eigenvalue weighted by Gasteiger charge is 2.15. The molecule has 0 spiro atoms. The van der Waals surface area contributed by atoms with E-state index in [-0.39, 0.29) is 4.90 Å². The van der Waals surface area contributed by atoms with Crippen molar-refractivity contribution in [3.05, 3.63) is 60.4 Å². The molecule has 2 aromatic rings. The van der Waals surface area contributed by atoms with E-state index < -0.39 is 21.7 Å². The van der Waals surface area contributed by atoms with Gasteiger partial charge in [0.05, 0.1) is 10.6 Å². The number of rotatable bonds is 4. The molecule has 0 fully saturated rings. The largest absolute Gasteiger partial charge is 0.269 e. The molecule has 0 radical (unpaired) electrons. The van der Waals surface area contributed by atoms with Gasteiger partial charge in [-0.2, -0.15) is 0 Å². The van der Waals surface area contributed by atoms with Crippen molar-refractivity contribution in [2.75, 3.05) is 0 Å². The van der Waals surface area contributed by atoms with Gasteiger partial charge in [0.1, 0.15) is 12.1 Å². The van der Waals surface area contributed by atoms with Gasteiger partial charge in [-0.05, 0) is 36.4 Å². The summed E-state index contributed by atoms with van der Waals surface area (Å²) in [6, 6.07) is 5.68. The van der Waals surface area contributed by atoms with Crippen molar-refractivity contribution in [2.45, 2.75) is 4.90 Å². The summed E-state index contributed by atoms with van der Waals surface area (Å²) >= 11 is 0. The van der Waals surface area contributed by atoms with Crippen molar-refractivity contribution in [1.82, 2.24) is 14.7 Å². The molecule has 1 heterocycles. The molecule has 108 valence electrons. The van der Waals surface area contributed by atoms with E-state index in [9.17, 15) is 17.6 Å². The second kappa shape index (κ2) is 6.23. The summed E-state index contributed by atoms with van der Waals surface area (Å²) in [6.45, 7) is 0. The van der Waals surface area contributed by atoms with Gasteiger partial charge in [-0.15, -0.1) is 0 Å². The van der Waals surface area contributed by atoms with Crippen LogP contribution in [0, 0.1) is 5.82 Å². The lowest BCUT2D eigenvalue weighted by atomic mass is 10.3. The van der Waals surface area contributed by atoms with E-state index in [4.69, 9.17) is 0 Å². The van der Waals surface area contributed by atoms with Gasteiger partial charge >= 0.3 is 0 Å². The standard InChI is InChI=1S/C13H10FN3O3S/c14-10-1-4-12(5-2-10)21(19,20)17-13(18)6-3-11-7-8-15-9-16-11/h1-9H,(H,17,18)/b6-3+. The molecular formula is C13H10FN3O3S. The molecule has 0 bridgehead atoms. The zero-order valence-electron chi connectivity index (χ0n) is 10.6. The van der Waals surface area contributed by atoms with Crippen LogP contribution < -0.4 is 4.72 Å². The van der Waals surface area contributed by atoms with Gasteiger partial charge in [0.15, 0.2) is 0 Å². The molecule has 1 aromatic carbocycles. The van der Waals surface area contributed by atoms with Crippen LogP contribution in [0.2, 0.25) is 0 Å².